The molecule has 0 aromatic rings. The molecule has 15 heavy (non-hydrogen) atoms. The van der Waals surface area contributed by atoms with Gasteiger partial charge in [-0.3, -0.25) is 4.79 Å². The van der Waals surface area contributed by atoms with E-state index < -0.39 is 0 Å². The standard InChI is InChI=1S/C11H20N2O2/c1-7(11(15)13-8-5-6-8)12-9-3-2-4-10(9)14/h7-10,12,14H,2-6H2,1H3,(H,13,15). The average molecular weight is 212 g/mol. The quantitative estimate of drug-likeness (QED) is 0.622. The Morgan fingerprint density at radius 1 is 1.33 bits per heavy atom. The number of amides is 1. The molecular weight excluding hydrogens is 192 g/mol. The maximum absolute atomic E-state index is 11.6. The predicted octanol–water partition coefficient (Wildman–Crippen LogP) is 0.156. The maximum atomic E-state index is 11.6. The van der Waals surface area contributed by atoms with Crippen molar-refractivity contribution in [1.82, 2.24) is 10.6 Å². The Hall–Kier alpha value is -0.610. The number of hydrogen-bond acceptors (Lipinski definition) is 3. The summed E-state index contributed by atoms with van der Waals surface area (Å²) >= 11 is 0. The third-order valence-electron chi connectivity index (χ3n) is 3.26. The minimum absolute atomic E-state index is 0.0663. The van der Waals surface area contributed by atoms with Gasteiger partial charge in [0.05, 0.1) is 12.1 Å². The number of carbonyl (C=O) groups is 1. The van der Waals surface area contributed by atoms with E-state index >= 15 is 0 Å². The summed E-state index contributed by atoms with van der Waals surface area (Å²) in [7, 11) is 0. The van der Waals surface area contributed by atoms with Crippen molar-refractivity contribution in [1.29, 1.82) is 0 Å². The minimum atomic E-state index is -0.277. The van der Waals surface area contributed by atoms with E-state index in [9.17, 15) is 9.90 Å². The average Bonchev–Trinajstić information content (AvgIpc) is 2.92. The second-order valence-corrected chi connectivity index (χ2v) is 4.78. The second kappa shape index (κ2) is 4.49. The van der Waals surface area contributed by atoms with E-state index in [1.165, 1.54) is 0 Å². The summed E-state index contributed by atoms with van der Waals surface area (Å²) in [6.45, 7) is 1.86. The molecule has 2 aliphatic rings. The Kier molecular flexibility index (Phi) is 3.26. The summed E-state index contributed by atoms with van der Waals surface area (Å²) < 4.78 is 0. The monoisotopic (exact) mass is 212 g/mol. The molecule has 0 spiro atoms. The topological polar surface area (TPSA) is 61.4 Å². The van der Waals surface area contributed by atoms with E-state index in [1.54, 1.807) is 0 Å². The largest absolute Gasteiger partial charge is 0.392 e. The molecule has 0 saturated heterocycles. The van der Waals surface area contributed by atoms with Crippen molar-refractivity contribution < 1.29 is 9.90 Å². The fraction of sp³-hybridized carbons (Fsp3) is 0.909. The molecule has 4 nitrogen and oxygen atoms in total. The first kappa shape index (κ1) is 10.9. The smallest absolute Gasteiger partial charge is 0.237 e. The lowest BCUT2D eigenvalue weighted by Crippen LogP contribution is -2.49. The lowest BCUT2D eigenvalue weighted by atomic mass is 10.2. The Morgan fingerprint density at radius 3 is 2.60 bits per heavy atom. The molecule has 0 aromatic heterocycles. The van der Waals surface area contributed by atoms with Gasteiger partial charge < -0.3 is 15.7 Å². The van der Waals surface area contributed by atoms with Crippen LogP contribution in [0.1, 0.15) is 39.0 Å². The Bertz CT molecular complexity index is 241. The summed E-state index contributed by atoms with van der Waals surface area (Å²) in [6, 6.07) is 0.323. The fourth-order valence-corrected chi connectivity index (χ4v) is 2.09. The van der Waals surface area contributed by atoms with Crippen LogP contribution in [0.2, 0.25) is 0 Å². The van der Waals surface area contributed by atoms with Crippen molar-refractivity contribution in [3.8, 4) is 0 Å². The minimum Gasteiger partial charge on any atom is -0.392 e. The zero-order valence-electron chi connectivity index (χ0n) is 9.20. The van der Waals surface area contributed by atoms with Gasteiger partial charge >= 0.3 is 0 Å². The number of hydrogen-bond donors (Lipinski definition) is 3. The van der Waals surface area contributed by atoms with E-state index in [2.05, 4.69) is 10.6 Å². The molecule has 3 atom stereocenters. The van der Waals surface area contributed by atoms with Gasteiger partial charge in [0.15, 0.2) is 0 Å². The highest BCUT2D eigenvalue weighted by Crippen LogP contribution is 2.20. The molecule has 2 fully saturated rings. The highest BCUT2D eigenvalue weighted by molar-refractivity contribution is 5.81. The van der Waals surface area contributed by atoms with Gasteiger partial charge in [-0.15, -0.1) is 0 Å². The Balaban J connectivity index is 1.74. The summed E-state index contributed by atoms with van der Waals surface area (Å²) in [6.07, 6.45) is 4.84. The van der Waals surface area contributed by atoms with Crippen LogP contribution in [0.5, 0.6) is 0 Å². The molecule has 2 saturated carbocycles. The molecule has 2 rings (SSSR count). The van der Waals surface area contributed by atoms with Crippen LogP contribution in [0.25, 0.3) is 0 Å². The Labute approximate surface area is 90.4 Å². The summed E-state index contributed by atoms with van der Waals surface area (Å²) in [5, 5.41) is 15.8. The van der Waals surface area contributed by atoms with E-state index in [0.717, 1.165) is 32.1 Å². The molecule has 3 unspecified atom stereocenters. The highest BCUT2D eigenvalue weighted by atomic mass is 16.3. The highest BCUT2D eigenvalue weighted by Gasteiger charge is 2.30. The SMILES string of the molecule is CC(NC1CCCC1O)C(=O)NC1CC1. The molecule has 86 valence electrons. The zero-order valence-corrected chi connectivity index (χ0v) is 9.20. The predicted molar refractivity (Wildman–Crippen MR) is 57.4 cm³/mol. The van der Waals surface area contributed by atoms with Crippen LogP contribution in [-0.4, -0.2) is 35.2 Å². The van der Waals surface area contributed by atoms with Gasteiger partial charge in [0.1, 0.15) is 0 Å². The van der Waals surface area contributed by atoms with Crippen LogP contribution in [0.15, 0.2) is 0 Å². The van der Waals surface area contributed by atoms with Gasteiger partial charge in [-0.1, -0.05) is 0 Å². The molecular formula is C11H20N2O2. The van der Waals surface area contributed by atoms with Crippen molar-refractivity contribution in [2.24, 2.45) is 0 Å². The van der Waals surface area contributed by atoms with Gasteiger partial charge in [0.2, 0.25) is 5.91 Å². The number of rotatable bonds is 4. The first-order valence-corrected chi connectivity index (χ1v) is 5.91. The summed E-state index contributed by atoms with van der Waals surface area (Å²) in [5.41, 5.74) is 0. The van der Waals surface area contributed by atoms with Gasteiger partial charge in [0, 0.05) is 12.1 Å². The van der Waals surface area contributed by atoms with Crippen LogP contribution >= 0.6 is 0 Å². The van der Waals surface area contributed by atoms with Crippen molar-refractivity contribution in [2.45, 2.75) is 63.3 Å². The maximum Gasteiger partial charge on any atom is 0.237 e. The molecule has 0 radical (unpaired) electrons. The first-order chi connectivity index (χ1) is 7.16. The third-order valence-corrected chi connectivity index (χ3v) is 3.26. The van der Waals surface area contributed by atoms with Crippen molar-refractivity contribution in [3.05, 3.63) is 0 Å². The van der Waals surface area contributed by atoms with Crippen LogP contribution in [0, 0.1) is 0 Å². The van der Waals surface area contributed by atoms with Crippen LogP contribution in [-0.2, 0) is 4.79 Å². The third kappa shape index (κ3) is 2.92. The summed E-state index contributed by atoms with van der Waals surface area (Å²) in [5.74, 6) is 0.0663. The molecule has 3 N–H and O–H groups in total. The van der Waals surface area contributed by atoms with E-state index in [1.807, 2.05) is 6.92 Å². The van der Waals surface area contributed by atoms with Gasteiger partial charge in [-0.25, -0.2) is 0 Å². The molecule has 2 aliphatic carbocycles. The van der Waals surface area contributed by atoms with Crippen LogP contribution < -0.4 is 10.6 Å². The number of aliphatic hydroxyl groups is 1. The zero-order chi connectivity index (χ0) is 10.8. The molecule has 0 bridgehead atoms. The van der Waals surface area contributed by atoms with Gasteiger partial charge in [-0.2, -0.15) is 0 Å². The number of nitrogens with one attached hydrogen (secondary N) is 2. The van der Waals surface area contributed by atoms with E-state index in [4.69, 9.17) is 0 Å². The van der Waals surface area contributed by atoms with Crippen molar-refractivity contribution in [2.75, 3.05) is 0 Å². The second-order valence-electron chi connectivity index (χ2n) is 4.78. The van der Waals surface area contributed by atoms with Crippen molar-refractivity contribution >= 4 is 5.91 Å². The van der Waals surface area contributed by atoms with Gasteiger partial charge in [0.25, 0.3) is 0 Å². The molecule has 1 amide bonds. The lowest BCUT2D eigenvalue weighted by Gasteiger charge is -2.21. The Morgan fingerprint density at radius 2 is 2.07 bits per heavy atom. The van der Waals surface area contributed by atoms with E-state index in [-0.39, 0.29) is 24.1 Å². The first-order valence-electron chi connectivity index (χ1n) is 5.91. The normalized spacial score (nSPS) is 32.7. The van der Waals surface area contributed by atoms with E-state index in [0.29, 0.717) is 6.04 Å². The van der Waals surface area contributed by atoms with Gasteiger partial charge in [-0.05, 0) is 39.0 Å². The molecule has 0 aliphatic heterocycles. The van der Waals surface area contributed by atoms with Crippen LogP contribution in [0.3, 0.4) is 0 Å². The molecule has 0 heterocycles. The number of aliphatic hydroxyl groups excluding tert-OH is 1. The molecule has 0 aromatic carbocycles. The molecule has 4 heteroatoms. The number of carbonyl (C=O) groups excluding carboxylic acids is 1. The lowest BCUT2D eigenvalue weighted by molar-refractivity contribution is -0.123. The summed E-state index contributed by atoms with van der Waals surface area (Å²) in [4.78, 5) is 11.6. The van der Waals surface area contributed by atoms with Crippen molar-refractivity contribution in [3.63, 3.8) is 0 Å². The van der Waals surface area contributed by atoms with Crippen LogP contribution in [0.4, 0.5) is 0 Å². The fourth-order valence-electron chi connectivity index (χ4n) is 2.09.